The van der Waals surface area contributed by atoms with Gasteiger partial charge in [0.05, 0.1) is 12.3 Å². The smallest absolute Gasteiger partial charge is 0.352 e. The molecule has 5 rings (SSSR count). The van der Waals surface area contributed by atoms with E-state index in [9.17, 15) is 14.7 Å². The molecule has 39 heavy (non-hydrogen) atoms. The number of carboxylic acid groups (broad SMARTS) is 1. The molecule has 0 atom stereocenters. The lowest BCUT2D eigenvalue weighted by Gasteiger charge is -2.15. The van der Waals surface area contributed by atoms with E-state index in [2.05, 4.69) is 34.1 Å². The summed E-state index contributed by atoms with van der Waals surface area (Å²) in [6.45, 7) is 4.96. The maximum atomic E-state index is 12.6. The second-order valence-corrected chi connectivity index (χ2v) is 10.3. The molecule has 0 spiro atoms. The highest BCUT2D eigenvalue weighted by molar-refractivity contribution is 6.35. The van der Waals surface area contributed by atoms with Crippen molar-refractivity contribution in [3.05, 3.63) is 70.6 Å². The van der Waals surface area contributed by atoms with Crippen molar-refractivity contribution in [2.75, 3.05) is 20.3 Å². The van der Waals surface area contributed by atoms with Crippen molar-refractivity contribution in [2.45, 2.75) is 32.6 Å². The number of fused-ring (bicyclic) bond motifs is 2. The van der Waals surface area contributed by atoms with Crippen LogP contribution >= 0.6 is 11.6 Å². The van der Waals surface area contributed by atoms with Crippen molar-refractivity contribution in [3.63, 3.8) is 0 Å². The summed E-state index contributed by atoms with van der Waals surface area (Å²) in [4.78, 5) is 34.5. The number of hydrogen-bond acceptors (Lipinski definition) is 3. The first kappa shape index (κ1) is 26.6. The van der Waals surface area contributed by atoms with Crippen LogP contribution in [0.15, 0.2) is 48.8 Å². The summed E-state index contributed by atoms with van der Waals surface area (Å²) in [6, 6.07) is 11.6. The van der Waals surface area contributed by atoms with Gasteiger partial charge in [0.15, 0.2) is 0 Å². The molecule has 0 saturated carbocycles. The van der Waals surface area contributed by atoms with Crippen LogP contribution in [-0.2, 0) is 16.0 Å². The summed E-state index contributed by atoms with van der Waals surface area (Å²) < 4.78 is 4.98. The minimum absolute atomic E-state index is 0.0117. The van der Waals surface area contributed by atoms with E-state index in [1.165, 1.54) is 0 Å². The number of carbonyl (C=O) groups is 2. The van der Waals surface area contributed by atoms with Gasteiger partial charge in [0.1, 0.15) is 5.69 Å². The summed E-state index contributed by atoms with van der Waals surface area (Å²) in [6.07, 6.45) is 4.70. The lowest BCUT2D eigenvalue weighted by Crippen LogP contribution is -2.26. The molecule has 3 heterocycles. The van der Waals surface area contributed by atoms with Gasteiger partial charge in [-0.25, -0.2) is 4.79 Å². The molecule has 0 radical (unpaired) electrons. The van der Waals surface area contributed by atoms with Crippen molar-refractivity contribution in [1.29, 1.82) is 0 Å². The highest BCUT2D eigenvalue weighted by Gasteiger charge is 2.29. The number of carbonyl (C=O) groups excluding carboxylic acids is 1. The van der Waals surface area contributed by atoms with E-state index in [0.717, 1.165) is 44.2 Å². The van der Waals surface area contributed by atoms with Crippen molar-refractivity contribution in [2.24, 2.45) is 0 Å². The maximum Gasteiger partial charge on any atom is 0.352 e. The first-order chi connectivity index (χ1) is 18.8. The van der Waals surface area contributed by atoms with Gasteiger partial charge in [-0.05, 0) is 47.7 Å². The molecule has 5 aromatic rings. The lowest BCUT2D eigenvalue weighted by molar-refractivity contribution is -0.121. The van der Waals surface area contributed by atoms with Crippen LogP contribution in [0.1, 0.15) is 47.8 Å². The van der Waals surface area contributed by atoms with Crippen LogP contribution in [0.25, 0.3) is 44.2 Å². The van der Waals surface area contributed by atoms with Crippen molar-refractivity contribution < 1.29 is 19.4 Å². The van der Waals surface area contributed by atoms with Gasteiger partial charge in [-0.1, -0.05) is 37.6 Å². The average Bonchev–Trinajstić information content (AvgIpc) is 3.64. The molecule has 202 valence electrons. The number of nitrogens with one attached hydrogen (secondary N) is 4. The van der Waals surface area contributed by atoms with Crippen LogP contribution < -0.4 is 5.32 Å². The number of hydrogen-bond donors (Lipinski definition) is 5. The van der Waals surface area contributed by atoms with Crippen LogP contribution in [0, 0.1) is 0 Å². The molecular weight excluding hydrogens is 516 g/mol. The Morgan fingerprint density at radius 2 is 1.90 bits per heavy atom. The second kappa shape index (κ2) is 11.0. The molecular formula is C30H31ClN4O4. The molecule has 2 aromatic carbocycles. The van der Waals surface area contributed by atoms with E-state index in [4.69, 9.17) is 16.3 Å². The highest BCUT2D eigenvalue weighted by atomic mass is 35.5. The fraction of sp³-hybridized carbons (Fsp3) is 0.267. The standard InChI is InChI=1S/C30H31ClN4O4/c1-16(2)24-27(26-18-10-13-32-21(18)8-7-20(26)31)29(30(37)38)35-28(24)19-5-4-6-22-25(19)17(15-34-22)9-12-33-23(36)11-14-39-3/h4-8,10,13,15-16,32,34-35H,9,11-12,14H2,1-3H3,(H,33,36)(H,37,38). The Labute approximate surface area is 230 Å². The molecule has 0 aliphatic carbocycles. The van der Waals surface area contributed by atoms with Crippen molar-refractivity contribution >= 4 is 45.3 Å². The third-order valence-corrected chi connectivity index (χ3v) is 7.38. The molecule has 9 heteroatoms. The van der Waals surface area contributed by atoms with Crippen LogP contribution in [0.2, 0.25) is 5.02 Å². The Bertz CT molecular complexity index is 1680. The summed E-state index contributed by atoms with van der Waals surface area (Å²) in [5, 5.41) is 15.6. The number of halogens is 1. The molecule has 0 aliphatic rings. The van der Waals surface area contributed by atoms with Crippen LogP contribution in [0.5, 0.6) is 0 Å². The first-order valence-electron chi connectivity index (χ1n) is 12.9. The number of rotatable bonds is 10. The van der Waals surface area contributed by atoms with E-state index < -0.39 is 5.97 Å². The number of amides is 1. The Kier molecular flexibility index (Phi) is 7.50. The third-order valence-electron chi connectivity index (χ3n) is 7.07. The Morgan fingerprint density at radius 1 is 1.08 bits per heavy atom. The van der Waals surface area contributed by atoms with Crippen LogP contribution in [-0.4, -0.2) is 52.2 Å². The third kappa shape index (κ3) is 4.93. The molecule has 1 amide bonds. The predicted molar refractivity (Wildman–Crippen MR) is 155 cm³/mol. The van der Waals surface area contributed by atoms with Crippen molar-refractivity contribution in [3.8, 4) is 22.4 Å². The molecule has 0 bridgehead atoms. The summed E-state index contributed by atoms with van der Waals surface area (Å²) in [7, 11) is 1.57. The number of aromatic amines is 3. The van der Waals surface area contributed by atoms with E-state index in [0.29, 0.717) is 42.1 Å². The van der Waals surface area contributed by atoms with Gasteiger partial charge >= 0.3 is 5.97 Å². The van der Waals surface area contributed by atoms with Gasteiger partial charge < -0.3 is 30.1 Å². The Hall–Kier alpha value is -4.01. The molecule has 8 nitrogen and oxygen atoms in total. The van der Waals surface area contributed by atoms with Crippen LogP contribution in [0.4, 0.5) is 0 Å². The largest absolute Gasteiger partial charge is 0.477 e. The SMILES string of the molecule is COCCC(=O)NCCc1c[nH]c2cccc(-c3[nH]c(C(=O)O)c(-c4c(Cl)ccc5[nH]ccc45)c3C(C)C)c12. The number of aromatic nitrogens is 3. The Morgan fingerprint density at radius 3 is 2.64 bits per heavy atom. The van der Waals surface area contributed by atoms with Gasteiger partial charge in [0.2, 0.25) is 5.91 Å². The molecule has 0 saturated heterocycles. The minimum Gasteiger partial charge on any atom is -0.477 e. The van der Waals surface area contributed by atoms with Crippen LogP contribution in [0.3, 0.4) is 0 Å². The molecule has 5 N–H and O–H groups in total. The van der Waals surface area contributed by atoms with E-state index in [1.54, 1.807) is 13.2 Å². The van der Waals surface area contributed by atoms with E-state index in [1.807, 2.05) is 42.7 Å². The zero-order chi connectivity index (χ0) is 27.7. The quantitative estimate of drug-likeness (QED) is 0.137. The number of aromatic carboxylic acids is 1. The highest BCUT2D eigenvalue weighted by Crippen LogP contribution is 2.46. The van der Waals surface area contributed by atoms with Gasteiger partial charge in [0.25, 0.3) is 0 Å². The number of carboxylic acids is 1. The van der Waals surface area contributed by atoms with Gasteiger partial charge in [-0.3, -0.25) is 4.79 Å². The van der Waals surface area contributed by atoms with Crippen molar-refractivity contribution in [1.82, 2.24) is 20.3 Å². The lowest BCUT2D eigenvalue weighted by atomic mass is 9.88. The minimum atomic E-state index is -1.05. The summed E-state index contributed by atoms with van der Waals surface area (Å²) in [5.41, 5.74) is 6.76. The monoisotopic (exact) mass is 546 g/mol. The topological polar surface area (TPSA) is 123 Å². The van der Waals surface area contributed by atoms with E-state index >= 15 is 0 Å². The maximum absolute atomic E-state index is 12.6. The Balaban J connectivity index is 1.67. The molecule has 0 aliphatic heterocycles. The average molecular weight is 547 g/mol. The fourth-order valence-electron chi connectivity index (χ4n) is 5.37. The number of H-pyrrole nitrogens is 3. The first-order valence-corrected chi connectivity index (χ1v) is 13.3. The number of methoxy groups -OCH3 is 1. The number of benzene rings is 2. The second-order valence-electron chi connectivity index (χ2n) is 9.87. The summed E-state index contributed by atoms with van der Waals surface area (Å²) >= 11 is 6.75. The predicted octanol–water partition coefficient (Wildman–Crippen LogP) is 6.48. The van der Waals surface area contributed by atoms with E-state index in [-0.39, 0.29) is 17.5 Å². The molecule has 0 unspecified atom stereocenters. The van der Waals surface area contributed by atoms with Gasteiger partial charge in [-0.15, -0.1) is 0 Å². The molecule has 3 aromatic heterocycles. The zero-order valence-electron chi connectivity index (χ0n) is 22.1. The van der Waals surface area contributed by atoms with Gasteiger partial charge in [-0.2, -0.15) is 0 Å². The summed E-state index contributed by atoms with van der Waals surface area (Å²) in [5.74, 6) is -1.13. The molecule has 0 fully saturated rings. The normalized spacial score (nSPS) is 11.6. The number of ether oxygens (including phenoxy) is 1. The van der Waals surface area contributed by atoms with Gasteiger partial charge in [0, 0.05) is 76.0 Å². The fourth-order valence-corrected chi connectivity index (χ4v) is 5.63. The zero-order valence-corrected chi connectivity index (χ0v) is 22.8.